The fraction of sp³-hybridized carbons (Fsp3) is 0.538. The van der Waals surface area contributed by atoms with Crippen molar-refractivity contribution < 1.29 is 9.47 Å². The van der Waals surface area contributed by atoms with E-state index in [9.17, 15) is 0 Å². The van der Waals surface area contributed by atoms with Gasteiger partial charge in [-0.15, -0.1) is 0 Å². The molecule has 15 heavy (non-hydrogen) atoms. The Labute approximate surface area is 91.2 Å². The molecule has 0 aliphatic heterocycles. The maximum absolute atomic E-state index is 5.30. The lowest BCUT2D eigenvalue weighted by Gasteiger charge is -2.10. The standard InChI is InChI=1S/C13H18O2/c1-13(2)8-10(13)9-5-6-11(14-3)12(7-9)15-4/h5-7,10H,8H2,1-4H3. The van der Waals surface area contributed by atoms with E-state index in [2.05, 4.69) is 26.0 Å². The molecule has 2 rings (SSSR count). The van der Waals surface area contributed by atoms with Gasteiger partial charge in [0, 0.05) is 0 Å². The zero-order chi connectivity index (χ0) is 11.1. The quantitative estimate of drug-likeness (QED) is 0.756. The third kappa shape index (κ3) is 1.81. The van der Waals surface area contributed by atoms with Crippen LogP contribution in [0.1, 0.15) is 31.7 Å². The predicted octanol–water partition coefficient (Wildman–Crippen LogP) is 3.22. The monoisotopic (exact) mass is 206 g/mol. The first kappa shape index (κ1) is 10.3. The van der Waals surface area contributed by atoms with E-state index in [-0.39, 0.29) is 0 Å². The maximum Gasteiger partial charge on any atom is 0.160 e. The molecule has 0 heterocycles. The minimum absolute atomic E-state index is 0.458. The molecule has 1 fully saturated rings. The minimum Gasteiger partial charge on any atom is -0.493 e. The average Bonchev–Trinajstić information content (AvgIpc) is 2.86. The van der Waals surface area contributed by atoms with E-state index in [1.165, 1.54) is 12.0 Å². The van der Waals surface area contributed by atoms with Crippen LogP contribution in [0.4, 0.5) is 0 Å². The Morgan fingerprint density at radius 1 is 1.13 bits per heavy atom. The molecule has 1 aromatic rings. The summed E-state index contributed by atoms with van der Waals surface area (Å²) in [6.45, 7) is 4.60. The van der Waals surface area contributed by atoms with Gasteiger partial charge >= 0.3 is 0 Å². The molecule has 1 aliphatic rings. The van der Waals surface area contributed by atoms with Crippen LogP contribution in [0, 0.1) is 5.41 Å². The van der Waals surface area contributed by atoms with Crippen LogP contribution in [0.5, 0.6) is 11.5 Å². The van der Waals surface area contributed by atoms with Crippen molar-refractivity contribution in [2.24, 2.45) is 5.41 Å². The Morgan fingerprint density at radius 2 is 1.73 bits per heavy atom. The van der Waals surface area contributed by atoms with Crippen molar-refractivity contribution in [3.63, 3.8) is 0 Å². The highest BCUT2D eigenvalue weighted by atomic mass is 16.5. The summed E-state index contributed by atoms with van der Waals surface area (Å²) in [5.74, 6) is 2.31. The van der Waals surface area contributed by atoms with Crippen molar-refractivity contribution in [1.29, 1.82) is 0 Å². The molecular formula is C13H18O2. The topological polar surface area (TPSA) is 18.5 Å². The Kier molecular flexibility index (Phi) is 2.37. The Hall–Kier alpha value is -1.18. The van der Waals surface area contributed by atoms with Crippen LogP contribution in [-0.4, -0.2) is 14.2 Å². The van der Waals surface area contributed by atoms with Gasteiger partial charge in [0.1, 0.15) is 0 Å². The van der Waals surface area contributed by atoms with Gasteiger partial charge in [-0.05, 0) is 35.4 Å². The summed E-state index contributed by atoms with van der Waals surface area (Å²) in [5.41, 5.74) is 1.82. The van der Waals surface area contributed by atoms with E-state index >= 15 is 0 Å². The highest BCUT2D eigenvalue weighted by molar-refractivity contribution is 5.45. The Morgan fingerprint density at radius 3 is 2.20 bits per heavy atom. The Bertz CT molecular complexity index is 369. The summed E-state index contributed by atoms with van der Waals surface area (Å²) in [6, 6.07) is 6.22. The zero-order valence-corrected chi connectivity index (χ0v) is 9.83. The van der Waals surface area contributed by atoms with Crippen molar-refractivity contribution in [2.45, 2.75) is 26.2 Å². The predicted molar refractivity (Wildman–Crippen MR) is 60.7 cm³/mol. The number of rotatable bonds is 3. The maximum atomic E-state index is 5.30. The summed E-state index contributed by atoms with van der Waals surface area (Å²) in [4.78, 5) is 0. The SMILES string of the molecule is COc1ccc(C2CC2(C)C)cc1OC. The van der Waals surface area contributed by atoms with Crippen molar-refractivity contribution in [2.75, 3.05) is 14.2 Å². The summed E-state index contributed by atoms with van der Waals surface area (Å²) >= 11 is 0. The van der Waals surface area contributed by atoms with Crippen LogP contribution in [0.3, 0.4) is 0 Å². The molecule has 1 atom stereocenters. The average molecular weight is 206 g/mol. The van der Waals surface area contributed by atoms with Gasteiger partial charge in [-0.1, -0.05) is 19.9 Å². The summed E-state index contributed by atoms with van der Waals surface area (Å²) in [6.07, 6.45) is 1.27. The van der Waals surface area contributed by atoms with Crippen LogP contribution >= 0.6 is 0 Å². The van der Waals surface area contributed by atoms with E-state index in [1.807, 2.05) is 6.07 Å². The first-order chi connectivity index (χ1) is 7.08. The molecule has 0 spiro atoms. The van der Waals surface area contributed by atoms with Crippen LogP contribution in [0.25, 0.3) is 0 Å². The van der Waals surface area contributed by atoms with Crippen molar-refractivity contribution >= 4 is 0 Å². The smallest absolute Gasteiger partial charge is 0.160 e. The van der Waals surface area contributed by atoms with E-state index in [0.29, 0.717) is 11.3 Å². The molecule has 1 aromatic carbocycles. The van der Waals surface area contributed by atoms with Crippen LogP contribution in [0.2, 0.25) is 0 Å². The molecule has 1 saturated carbocycles. The van der Waals surface area contributed by atoms with E-state index in [4.69, 9.17) is 9.47 Å². The lowest BCUT2D eigenvalue weighted by atomic mass is 10.0. The van der Waals surface area contributed by atoms with Gasteiger partial charge in [-0.3, -0.25) is 0 Å². The van der Waals surface area contributed by atoms with E-state index < -0.39 is 0 Å². The third-order valence-corrected chi connectivity index (χ3v) is 3.32. The van der Waals surface area contributed by atoms with Crippen molar-refractivity contribution in [3.05, 3.63) is 23.8 Å². The molecule has 0 radical (unpaired) electrons. The molecule has 2 heteroatoms. The normalized spacial score (nSPS) is 22.3. The number of ether oxygens (including phenoxy) is 2. The molecule has 1 aliphatic carbocycles. The van der Waals surface area contributed by atoms with Gasteiger partial charge in [0.05, 0.1) is 14.2 Å². The van der Waals surface area contributed by atoms with Crippen LogP contribution in [-0.2, 0) is 0 Å². The highest BCUT2D eigenvalue weighted by Crippen LogP contribution is 2.59. The van der Waals surface area contributed by atoms with Gasteiger partial charge in [-0.2, -0.15) is 0 Å². The molecule has 0 saturated heterocycles. The van der Waals surface area contributed by atoms with Gasteiger partial charge in [0.25, 0.3) is 0 Å². The van der Waals surface area contributed by atoms with Gasteiger partial charge in [0.15, 0.2) is 11.5 Å². The van der Waals surface area contributed by atoms with Gasteiger partial charge < -0.3 is 9.47 Å². The Balaban J connectivity index is 2.28. The fourth-order valence-electron chi connectivity index (χ4n) is 2.11. The molecule has 1 unspecified atom stereocenters. The second-order valence-electron chi connectivity index (χ2n) is 4.86. The van der Waals surface area contributed by atoms with Gasteiger partial charge in [-0.25, -0.2) is 0 Å². The zero-order valence-electron chi connectivity index (χ0n) is 9.83. The second kappa shape index (κ2) is 3.44. The molecule has 2 nitrogen and oxygen atoms in total. The summed E-state index contributed by atoms with van der Waals surface area (Å²) in [5, 5.41) is 0. The minimum atomic E-state index is 0.458. The van der Waals surface area contributed by atoms with Crippen molar-refractivity contribution in [3.8, 4) is 11.5 Å². The molecular weight excluding hydrogens is 188 g/mol. The first-order valence-electron chi connectivity index (χ1n) is 5.30. The number of hydrogen-bond acceptors (Lipinski definition) is 2. The number of benzene rings is 1. The molecule has 0 N–H and O–H groups in total. The fourth-order valence-corrected chi connectivity index (χ4v) is 2.11. The van der Waals surface area contributed by atoms with Gasteiger partial charge in [0.2, 0.25) is 0 Å². The van der Waals surface area contributed by atoms with Crippen molar-refractivity contribution in [1.82, 2.24) is 0 Å². The lowest BCUT2D eigenvalue weighted by Crippen LogP contribution is -1.94. The highest BCUT2D eigenvalue weighted by Gasteiger charge is 2.46. The summed E-state index contributed by atoms with van der Waals surface area (Å²) < 4.78 is 10.5. The van der Waals surface area contributed by atoms with E-state index in [0.717, 1.165) is 11.5 Å². The first-order valence-corrected chi connectivity index (χ1v) is 5.30. The molecule has 0 bridgehead atoms. The number of hydrogen-bond donors (Lipinski definition) is 0. The molecule has 0 amide bonds. The molecule has 0 aromatic heterocycles. The van der Waals surface area contributed by atoms with E-state index in [1.54, 1.807) is 14.2 Å². The summed E-state index contributed by atoms with van der Waals surface area (Å²) in [7, 11) is 3.35. The van der Waals surface area contributed by atoms with Crippen LogP contribution in [0.15, 0.2) is 18.2 Å². The largest absolute Gasteiger partial charge is 0.493 e. The molecule has 82 valence electrons. The number of methoxy groups -OCH3 is 2. The van der Waals surface area contributed by atoms with Crippen LogP contribution < -0.4 is 9.47 Å². The third-order valence-electron chi connectivity index (χ3n) is 3.32. The lowest BCUT2D eigenvalue weighted by molar-refractivity contribution is 0.354. The second-order valence-corrected chi connectivity index (χ2v) is 4.86.